The van der Waals surface area contributed by atoms with Gasteiger partial charge in [-0.05, 0) is 44.0 Å². The van der Waals surface area contributed by atoms with Crippen molar-refractivity contribution in [3.8, 4) is 0 Å². The molecule has 0 aromatic heterocycles. The van der Waals surface area contributed by atoms with Crippen molar-refractivity contribution in [3.63, 3.8) is 0 Å². The van der Waals surface area contributed by atoms with Gasteiger partial charge in [0.1, 0.15) is 0 Å². The molecular weight excluding hydrogens is 252 g/mol. The Labute approximate surface area is 118 Å². The lowest BCUT2D eigenvalue weighted by Crippen LogP contribution is -2.08. The first-order valence-corrected chi connectivity index (χ1v) is 6.56. The van der Waals surface area contributed by atoms with Crippen LogP contribution in [-0.4, -0.2) is 4.92 Å². The van der Waals surface area contributed by atoms with Crippen molar-refractivity contribution in [3.05, 3.63) is 69.3 Å². The van der Waals surface area contributed by atoms with Gasteiger partial charge in [0.2, 0.25) is 0 Å². The summed E-state index contributed by atoms with van der Waals surface area (Å²) in [5.41, 5.74) is 4.16. The number of nitrogens with zero attached hydrogens (tertiary/aromatic N) is 1. The maximum absolute atomic E-state index is 10.8. The molecule has 4 nitrogen and oxygen atoms in total. The zero-order chi connectivity index (χ0) is 14.7. The molecule has 0 saturated heterocycles. The van der Waals surface area contributed by atoms with Crippen LogP contribution in [-0.2, 0) is 0 Å². The third kappa shape index (κ3) is 2.96. The summed E-state index contributed by atoms with van der Waals surface area (Å²) in [4.78, 5) is 10.4. The molecule has 0 aliphatic carbocycles. The second-order valence-electron chi connectivity index (χ2n) is 4.98. The van der Waals surface area contributed by atoms with Crippen LogP contribution in [0.3, 0.4) is 0 Å². The van der Waals surface area contributed by atoms with Crippen molar-refractivity contribution in [1.82, 2.24) is 0 Å². The fourth-order valence-corrected chi connectivity index (χ4v) is 2.35. The fourth-order valence-electron chi connectivity index (χ4n) is 2.35. The van der Waals surface area contributed by atoms with Gasteiger partial charge in [0.25, 0.3) is 5.69 Å². The molecule has 0 amide bonds. The van der Waals surface area contributed by atoms with Crippen LogP contribution in [0.2, 0.25) is 0 Å². The number of hydrogen-bond acceptors (Lipinski definition) is 3. The molecule has 104 valence electrons. The lowest BCUT2D eigenvalue weighted by atomic mass is 10.0. The van der Waals surface area contributed by atoms with E-state index in [0.29, 0.717) is 5.56 Å². The molecule has 0 fully saturated rings. The number of nitro groups is 1. The van der Waals surface area contributed by atoms with Gasteiger partial charge in [-0.2, -0.15) is 0 Å². The summed E-state index contributed by atoms with van der Waals surface area (Å²) in [6.45, 7) is 5.91. The van der Waals surface area contributed by atoms with E-state index in [2.05, 4.69) is 31.3 Å². The van der Waals surface area contributed by atoms with Crippen molar-refractivity contribution in [1.29, 1.82) is 0 Å². The van der Waals surface area contributed by atoms with Gasteiger partial charge in [-0.3, -0.25) is 10.1 Å². The van der Waals surface area contributed by atoms with Crippen molar-refractivity contribution >= 4 is 11.4 Å². The first kappa shape index (κ1) is 14.1. The Morgan fingerprint density at radius 2 is 1.80 bits per heavy atom. The van der Waals surface area contributed by atoms with Crippen LogP contribution in [0.1, 0.15) is 29.7 Å². The Bertz CT molecular complexity index is 638. The Hall–Kier alpha value is -2.36. The lowest BCUT2D eigenvalue weighted by molar-refractivity contribution is -0.385. The van der Waals surface area contributed by atoms with Gasteiger partial charge in [0, 0.05) is 23.4 Å². The van der Waals surface area contributed by atoms with Gasteiger partial charge in [-0.1, -0.05) is 24.3 Å². The van der Waals surface area contributed by atoms with Gasteiger partial charge in [0.15, 0.2) is 0 Å². The topological polar surface area (TPSA) is 55.2 Å². The minimum Gasteiger partial charge on any atom is -0.378 e. The van der Waals surface area contributed by atoms with E-state index in [0.717, 1.165) is 5.69 Å². The SMILES string of the molecule is Cc1ccccc1C(C)Nc1ccc([N+](=O)[O-])c(C)c1. The first-order valence-electron chi connectivity index (χ1n) is 6.56. The highest BCUT2D eigenvalue weighted by Crippen LogP contribution is 2.26. The van der Waals surface area contributed by atoms with Crippen LogP contribution in [0.4, 0.5) is 11.4 Å². The first-order chi connectivity index (χ1) is 9.49. The lowest BCUT2D eigenvalue weighted by Gasteiger charge is -2.18. The highest BCUT2D eigenvalue weighted by molar-refractivity contribution is 5.54. The summed E-state index contributed by atoms with van der Waals surface area (Å²) >= 11 is 0. The minimum absolute atomic E-state index is 0.150. The number of hydrogen-bond donors (Lipinski definition) is 1. The molecule has 0 aliphatic rings. The molecule has 2 aromatic rings. The number of rotatable bonds is 4. The Morgan fingerprint density at radius 1 is 1.10 bits per heavy atom. The number of aryl methyl sites for hydroxylation is 2. The molecule has 0 heterocycles. The van der Waals surface area contributed by atoms with E-state index in [-0.39, 0.29) is 16.7 Å². The largest absolute Gasteiger partial charge is 0.378 e. The molecule has 4 heteroatoms. The zero-order valence-corrected chi connectivity index (χ0v) is 11.9. The summed E-state index contributed by atoms with van der Waals surface area (Å²) < 4.78 is 0. The summed E-state index contributed by atoms with van der Waals surface area (Å²) in [5, 5.41) is 14.2. The van der Waals surface area contributed by atoms with Crippen LogP contribution < -0.4 is 5.32 Å². The molecule has 0 spiro atoms. The fraction of sp³-hybridized carbons (Fsp3) is 0.250. The predicted molar refractivity (Wildman–Crippen MR) is 81.1 cm³/mol. The number of benzene rings is 2. The van der Waals surface area contributed by atoms with Crippen LogP contribution in [0.15, 0.2) is 42.5 Å². The van der Waals surface area contributed by atoms with Gasteiger partial charge < -0.3 is 5.32 Å². The standard InChI is InChI=1S/C16H18N2O2/c1-11-6-4-5-7-15(11)13(3)17-14-8-9-16(18(19)20)12(2)10-14/h4-10,13,17H,1-3H3. The third-order valence-electron chi connectivity index (χ3n) is 3.43. The van der Waals surface area contributed by atoms with E-state index < -0.39 is 0 Å². The average Bonchev–Trinajstić information content (AvgIpc) is 2.38. The zero-order valence-electron chi connectivity index (χ0n) is 11.9. The number of nitro benzene ring substituents is 1. The van der Waals surface area contributed by atoms with E-state index in [1.54, 1.807) is 19.1 Å². The Morgan fingerprint density at radius 3 is 2.40 bits per heavy atom. The van der Waals surface area contributed by atoms with Crippen molar-refractivity contribution in [2.24, 2.45) is 0 Å². The molecule has 0 aliphatic heterocycles. The highest BCUT2D eigenvalue weighted by Gasteiger charge is 2.12. The van der Waals surface area contributed by atoms with Crippen LogP contribution in [0.5, 0.6) is 0 Å². The Balaban J connectivity index is 2.20. The summed E-state index contributed by atoms with van der Waals surface area (Å²) in [5.74, 6) is 0. The van der Waals surface area contributed by atoms with Crippen LogP contribution >= 0.6 is 0 Å². The number of anilines is 1. The summed E-state index contributed by atoms with van der Waals surface area (Å²) in [6.07, 6.45) is 0. The average molecular weight is 270 g/mol. The molecule has 1 N–H and O–H groups in total. The maximum atomic E-state index is 10.8. The molecule has 1 unspecified atom stereocenters. The second-order valence-corrected chi connectivity index (χ2v) is 4.98. The van der Waals surface area contributed by atoms with Gasteiger partial charge >= 0.3 is 0 Å². The molecule has 20 heavy (non-hydrogen) atoms. The molecule has 2 aromatic carbocycles. The van der Waals surface area contributed by atoms with Gasteiger partial charge in [-0.25, -0.2) is 0 Å². The van der Waals surface area contributed by atoms with Crippen molar-refractivity contribution in [2.75, 3.05) is 5.32 Å². The molecule has 0 saturated carbocycles. The van der Waals surface area contributed by atoms with E-state index in [1.165, 1.54) is 11.1 Å². The smallest absolute Gasteiger partial charge is 0.272 e. The monoisotopic (exact) mass is 270 g/mol. The second kappa shape index (κ2) is 5.74. The molecule has 2 rings (SSSR count). The quantitative estimate of drug-likeness (QED) is 0.662. The van der Waals surface area contributed by atoms with Crippen molar-refractivity contribution in [2.45, 2.75) is 26.8 Å². The molecule has 1 atom stereocenters. The van der Waals surface area contributed by atoms with Crippen LogP contribution in [0.25, 0.3) is 0 Å². The van der Waals surface area contributed by atoms with E-state index in [1.807, 2.05) is 18.2 Å². The molecular formula is C16H18N2O2. The third-order valence-corrected chi connectivity index (χ3v) is 3.43. The van der Waals surface area contributed by atoms with Crippen molar-refractivity contribution < 1.29 is 4.92 Å². The van der Waals surface area contributed by atoms with Crippen LogP contribution in [0, 0.1) is 24.0 Å². The van der Waals surface area contributed by atoms with E-state index >= 15 is 0 Å². The van der Waals surface area contributed by atoms with Gasteiger partial charge in [0.05, 0.1) is 4.92 Å². The maximum Gasteiger partial charge on any atom is 0.272 e. The normalized spacial score (nSPS) is 11.9. The summed E-state index contributed by atoms with van der Waals surface area (Å²) in [6, 6.07) is 13.5. The Kier molecular flexibility index (Phi) is 4.03. The molecule has 0 bridgehead atoms. The summed E-state index contributed by atoms with van der Waals surface area (Å²) in [7, 11) is 0. The van der Waals surface area contributed by atoms with E-state index in [4.69, 9.17) is 0 Å². The predicted octanol–water partition coefficient (Wildman–Crippen LogP) is 4.38. The molecule has 0 radical (unpaired) electrons. The minimum atomic E-state index is -0.357. The number of nitrogens with one attached hydrogen (secondary N) is 1. The van der Waals surface area contributed by atoms with E-state index in [9.17, 15) is 10.1 Å². The van der Waals surface area contributed by atoms with Gasteiger partial charge in [-0.15, -0.1) is 0 Å². The highest BCUT2D eigenvalue weighted by atomic mass is 16.6.